The van der Waals surface area contributed by atoms with Gasteiger partial charge in [-0.3, -0.25) is 4.79 Å². The number of rotatable bonds is 4. The normalized spacial score (nSPS) is 29.2. The van der Waals surface area contributed by atoms with E-state index in [2.05, 4.69) is 10.1 Å². The highest BCUT2D eigenvalue weighted by molar-refractivity contribution is 5.75. The second-order valence-electron chi connectivity index (χ2n) is 3.64. The second-order valence-corrected chi connectivity index (χ2v) is 3.64. The smallest absolute Gasteiger partial charge is 0.322 e. The van der Waals surface area contributed by atoms with Crippen molar-refractivity contribution in [3.05, 3.63) is 0 Å². The molecule has 13 heavy (non-hydrogen) atoms. The minimum Gasteiger partial charge on any atom is -0.468 e. The highest BCUT2D eigenvalue weighted by Crippen LogP contribution is 2.26. The Morgan fingerprint density at radius 3 is 2.77 bits per heavy atom. The third-order valence-corrected chi connectivity index (χ3v) is 2.48. The largest absolute Gasteiger partial charge is 0.468 e. The molecule has 0 aromatic heterocycles. The van der Waals surface area contributed by atoms with Gasteiger partial charge in [0.1, 0.15) is 6.04 Å². The summed E-state index contributed by atoms with van der Waals surface area (Å²) >= 11 is 0. The molecule has 0 aromatic rings. The van der Waals surface area contributed by atoms with Gasteiger partial charge < -0.3 is 15.2 Å². The summed E-state index contributed by atoms with van der Waals surface area (Å²) in [6.07, 6.45) is 1.57. The van der Waals surface area contributed by atoms with Crippen molar-refractivity contribution >= 4 is 5.97 Å². The Morgan fingerprint density at radius 2 is 2.31 bits per heavy atom. The molecular weight excluding hydrogens is 170 g/mol. The first-order valence-electron chi connectivity index (χ1n) is 4.62. The number of carbonyl (C=O) groups is 1. The van der Waals surface area contributed by atoms with E-state index in [4.69, 9.17) is 5.11 Å². The Labute approximate surface area is 78.3 Å². The van der Waals surface area contributed by atoms with Crippen LogP contribution in [0.3, 0.4) is 0 Å². The molecule has 1 rings (SSSR count). The average Bonchev–Trinajstić information content (AvgIpc) is 2.08. The topological polar surface area (TPSA) is 58.6 Å². The van der Waals surface area contributed by atoms with E-state index in [1.165, 1.54) is 7.11 Å². The van der Waals surface area contributed by atoms with E-state index in [-0.39, 0.29) is 18.1 Å². The molecule has 0 bridgehead atoms. The van der Waals surface area contributed by atoms with Gasteiger partial charge in [0.05, 0.1) is 13.2 Å². The van der Waals surface area contributed by atoms with Crippen molar-refractivity contribution in [2.45, 2.75) is 31.9 Å². The van der Waals surface area contributed by atoms with Crippen molar-refractivity contribution in [3.8, 4) is 0 Å². The minimum absolute atomic E-state index is 0.125. The lowest BCUT2D eigenvalue weighted by Crippen LogP contribution is -2.42. The van der Waals surface area contributed by atoms with Crippen molar-refractivity contribution in [3.63, 3.8) is 0 Å². The van der Waals surface area contributed by atoms with Crippen LogP contribution in [0.4, 0.5) is 0 Å². The van der Waals surface area contributed by atoms with Crippen molar-refractivity contribution in [2.24, 2.45) is 5.92 Å². The van der Waals surface area contributed by atoms with Gasteiger partial charge in [-0.1, -0.05) is 0 Å². The first-order valence-corrected chi connectivity index (χ1v) is 4.62. The number of aliphatic hydroxyl groups is 1. The van der Waals surface area contributed by atoms with Crippen LogP contribution in [0.5, 0.6) is 0 Å². The molecule has 76 valence electrons. The number of aliphatic hydroxyl groups excluding tert-OH is 1. The van der Waals surface area contributed by atoms with Gasteiger partial charge in [0.25, 0.3) is 0 Å². The summed E-state index contributed by atoms with van der Waals surface area (Å²) in [4.78, 5) is 11.0. The molecule has 0 spiro atoms. The molecule has 0 saturated heterocycles. The molecule has 0 radical (unpaired) electrons. The Hall–Kier alpha value is -0.610. The van der Waals surface area contributed by atoms with Gasteiger partial charge in [-0.05, 0) is 32.2 Å². The molecular formula is C9H17NO3. The first kappa shape index (κ1) is 10.5. The van der Waals surface area contributed by atoms with Gasteiger partial charge in [0, 0.05) is 0 Å². The summed E-state index contributed by atoms with van der Waals surface area (Å²) < 4.78 is 4.57. The Morgan fingerprint density at radius 1 is 1.69 bits per heavy atom. The zero-order valence-electron chi connectivity index (χ0n) is 8.12. The molecule has 1 aliphatic rings. The fourth-order valence-electron chi connectivity index (χ4n) is 1.47. The zero-order chi connectivity index (χ0) is 9.84. The van der Waals surface area contributed by atoms with E-state index in [0.29, 0.717) is 5.92 Å². The average molecular weight is 187 g/mol. The lowest BCUT2D eigenvalue weighted by atomic mass is 9.82. The molecule has 1 atom stereocenters. The molecule has 4 nitrogen and oxygen atoms in total. The van der Waals surface area contributed by atoms with Crippen LogP contribution in [0.15, 0.2) is 0 Å². The standard InChI is InChI=1S/C9H17NO3/c1-6(9(12)13-2)10-5-7-3-8(11)4-7/h6-8,10-11H,3-5H2,1-2H3. The monoisotopic (exact) mass is 187 g/mol. The lowest BCUT2D eigenvalue weighted by Gasteiger charge is -2.32. The van der Waals surface area contributed by atoms with E-state index in [0.717, 1.165) is 19.4 Å². The van der Waals surface area contributed by atoms with Crippen LogP contribution < -0.4 is 5.32 Å². The molecule has 1 fully saturated rings. The van der Waals surface area contributed by atoms with E-state index in [1.54, 1.807) is 6.92 Å². The molecule has 1 unspecified atom stereocenters. The molecule has 2 N–H and O–H groups in total. The number of methoxy groups -OCH3 is 1. The van der Waals surface area contributed by atoms with Crippen molar-refractivity contribution < 1.29 is 14.6 Å². The van der Waals surface area contributed by atoms with Gasteiger partial charge in [0.15, 0.2) is 0 Å². The molecule has 1 aliphatic carbocycles. The number of hydrogen-bond acceptors (Lipinski definition) is 4. The maximum atomic E-state index is 11.0. The van der Waals surface area contributed by atoms with E-state index in [9.17, 15) is 4.79 Å². The number of nitrogens with one attached hydrogen (secondary N) is 1. The summed E-state index contributed by atoms with van der Waals surface area (Å²) in [5, 5.41) is 12.1. The van der Waals surface area contributed by atoms with E-state index >= 15 is 0 Å². The molecule has 1 saturated carbocycles. The van der Waals surface area contributed by atoms with Gasteiger partial charge >= 0.3 is 5.97 Å². The van der Waals surface area contributed by atoms with Crippen molar-refractivity contribution in [2.75, 3.05) is 13.7 Å². The van der Waals surface area contributed by atoms with E-state index < -0.39 is 0 Å². The Bertz CT molecular complexity index is 178. The zero-order valence-corrected chi connectivity index (χ0v) is 8.12. The molecule has 0 heterocycles. The van der Waals surface area contributed by atoms with Gasteiger partial charge in [-0.25, -0.2) is 0 Å². The molecule has 0 aliphatic heterocycles. The Kier molecular flexibility index (Phi) is 3.69. The van der Waals surface area contributed by atoms with Crippen molar-refractivity contribution in [1.82, 2.24) is 5.32 Å². The third kappa shape index (κ3) is 2.97. The summed E-state index contributed by atoms with van der Waals surface area (Å²) in [6, 6.07) is -0.247. The van der Waals surface area contributed by atoms with E-state index in [1.807, 2.05) is 0 Å². The number of carbonyl (C=O) groups excluding carboxylic acids is 1. The molecule has 0 aromatic carbocycles. The quantitative estimate of drug-likeness (QED) is 0.604. The van der Waals surface area contributed by atoms with Crippen LogP contribution in [-0.4, -0.2) is 36.9 Å². The highest BCUT2D eigenvalue weighted by atomic mass is 16.5. The van der Waals surface area contributed by atoms with Crippen LogP contribution >= 0.6 is 0 Å². The first-order chi connectivity index (χ1) is 6.13. The van der Waals surface area contributed by atoms with Crippen LogP contribution in [0.1, 0.15) is 19.8 Å². The lowest BCUT2D eigenvalue weighted by molar-refractivity contribution is -0.142. The predicted molar refractivity (Wildman–Crippen MR) is 48.2 cm³/mol. The summed E-state index contributed by atoms with van der Waals surface area (Å²) in [5.41, 5.74) is 0. The summed E-state index contributed by atoms with van der Waals surface area (Å²) in [5.74, 6) is 0.280. The number of ether oxygens (including phenoxy) is 1. The summed E-state index contributed by atoms with van der Waals surface area (Å²) in [6.45, 7) is 2.56. The number of hydrogen-bond donors (Lipinski definition) is 2. The van der Waals surface area contributed by atoms with Gasteiger partial charge in [-0.2, -0.15) is 0 Å². The summed E-state index contributed by atoms with van der Waals surface area (Å²) in [7, 11) is 1.38. The van der Waals surface area contributed by atoms with Crippen molar-refractivity contribution in [1.29, 1.82) is 0 Å². The van der Waals surface area contributed by atoms with Crippen LogP contribution in [-0.2, 0) is 9.53 Å². The fourth-order valence-corrected chi connectivity index (χ4v) is 1.47. The highest BCUT2D eigenvalue weighted by Gasteiger charge is 2.27. The molecule has 4 heteroatoms. The predicted octanol–water partition coefficient (Wildman–Crippen LogP) is -0.0916. The molecule has 0 amide bonds. The maximum absolute atomic E-state index is 11.0. The minimum atomic E-state index is -0.247. The SMILES string of the molecule is COC(=O)C(C)NCC1CC(O)C1. The van der Waals surface area contributed by atoms with Gasteiger partial charge in [0.2, 0.25) is 0 Å². The van der Waals surface area contributed by atoms with Gasteiger partial charge in [-0.15, -0.1) is 0 Å². The fraction of sp³-hybridized carbons (Fsp3) is 0.889. The third-order valence-electron chi connectivity index (χ3n) is 2.48. The number of esters is 1. The van der Waals surface area contributed by atoms with Crippen LogP contribution in [0, 0.1) is 5.92 Å². The second kappa shape index (κ2) is 4.58. The maximum Gasteiger partial charge on any atom is 0.322 e. The Balaban J connectivity index is 2.08. The van der Waals surface area contributed by atoms with Crippen LogP contribution in [0.2, 0.25) is 0 Å². The van der Waals surface area contributed by atoms with Crippen LogP contribution in [0.25, 0.3) is 0 Å².